The van der Waals surface area contributed by atoms with Gasteiger partial charge in [0.05, 0.1) is 18.1 Å². The number of benzene rings is 1. The molecule has 0 aromatic heterocycles. The maximum atomic E-state index is 13.2. The zero-order valence-corrected chi connectivity index (χ0v) is 15.7. The van der Waals surface area contributed by atoms with E-state index in [1.54, 1.807) is 12.1 Å². The molecule has 5 heteroatoms. The average Bonchev–Trinajstić information content (AvgIpc) is 2.69. The predicted octanol–water partition coefficient (Wildman–Crippen LogP) is 2.83. The molecule has 2 fully saturated rings. The summed E-state index contributed by atoms with van der Waals surface area (Å²) in [5, 5.41) is 6.72. The number of carbonyl (C=O) groups excluding carboxylic acids is 2. The van der Waals surface area contributed by atoms with Gasteiger partial charge in [0.2, 0.25) is 5.91 Å². The Balaban J connectivity index is 1.72. The number of esters is 1. The molecule has 1 aromatic rings. The highest BCUT2D eigenvalue weighted by molar-refractivity contribution is 5.89. The van der Waals surface area contributed by atoms with Crippen molar-refractivity contribution in [2.24, 2.45) is 5.41 Å². The maximum Gasteiger partial charge on any atom is 0.337 e. The van der Waals surface area contributed by atoms with Crippen molar-refractivity contribution in [2.45, 2.75) is 57.4 Å². The molecule has 3 rings (SSSR count). The molecular weight excluding hydrogens is 328 g/mol. The van der Waals surface area contributed by atoms with Crippen LogP contribution in [-0.4, -0.2) is 38.1 Å². The molecule has 5 nitrogen and oxygen atoms in total. The minimum Gasteiger partial charge on any atom is -0.465 e. The zero-order valence-electron chi connectivity index (χ0n) is 15.7. The van der Waals surface area contributed by atoms with Crippen molar-refractivity contribution < 1.29 is 14.3 Å². The smallest absolute Gasteiger partial charge is 0.337 e. The number of rotatable bonds is 5. The van der Waals surface area contributed by atoms with E-state index in [0.29, 0.717) is 18.0 Å². The van der Waals surface area contributed by atoms with Crippen LogP contribution in [0.3, 0.4) is 0 Å². The van der Waals surface area contributed by atoms with Gasteiger partial charge in [0, 0.05) is 6.04 Å². The summed E-state index contributed by atoms with van der Waals surface area (Å²) >= 11 is 0. The van der Waals surface area contributed by atoms with Crippen LogP contribution in [0.4, 0.5) is 0 Å². The van der Waals surface area contributed by atoms with Crippen LogP contribution in [0.5, 0.6) is 0 Å². The Labute approximate surface area is 155 Å². The molecule has 26 heavy (non-hydrogen) atoms. The van der Waals surface area contributed by atoms with Crippen LogP contribution in [0.2, 0.25) is 0 Å². The van der Waals surface area contributed by atoms with Gasteiger partial charge in [-0.15, -0.1) is 0 Å². The third-order valence-electron chi connectivity index (χ3n) is 5.90. The number of ether oxygens (including phenoxy) is 1. The monoisotopic (exact) mass is 358 g/mol. The molecule has 1 saturated heterocycles. The Bertz CT molecular complexity index is 615. The highest BCUT2D eigenvalue weighted by atomic mass is 16.5. The lowest BCUT2D eigenvalue weighted by Gasteiger charge is -2.38. The molecule has 1 heterocycles. The summed E-state index contributed by atoms with van der Waals surface area (Å²) in [6.07, 6.45) is 8.35. The Kier molecular flexibility index (Phi) is 6.30. The lowest BCUT2D eigenvalue weighted by Crippen LogP contribution is -2.51. The first-order valence-corrected chi connectivity index (χ1v) is 9.82. The molecule has 0 atom stereocenters. The SMILES string of the molecule is COC(=O)c1ccc(CC2(C(=O)NC3CCCCC3)CCNCC2)cc1. The second-order valence-electron chi connectivity index (χ2n) is 7.70. The Morgan fingerprint density at radius 3 is 2.38 bits per heavy atom. The van der Waals surface area contributed by atoms with Crippen molar-refractivity contribution >= 4 is 11.9 Å². The number of piperidine rings is 1. The average molecular weight is 358 g/mol. The van der Waals surface area contributed by atoms with E-state index in [1.165, 1.54) is 26.4 Å². The zero-order chi connectivity index (χ0) is 18.4. The normalized spacial score (nSPS) is 20.3. The van der Waals surface area contributed by atoms with Gasteiger partial charge in [0.15, 0.2) is 0 Å². The van der Waals surface area contributed by atoms with Crippen LogP contribution in [0.15, 0.2) is 24.3 Å². The largest absolute Gasteiger partial charge is 0.465 e. The first kappa shape index (κ1) is 18.9. The molecule has 1 aliphatic carbocycles. The first-order chi connectivity index (χ1) is 12.6. The van der Waals surface area contributed by atoms with Gasteiger partial charge in [0.25, 0.3) is 0 Å². The van der Waals surface area contributed by atoms with Gasteiger partial charge < -0.3 is 15.4 Å². The van der Waals surface area contributed by atoms with Gasteiger partial charge in [-0.3, -0.25) is 4.79 Å². The summed E-state index contributed by atoms with van der Waals surface area (Å²) in [5.41, 5.74) is 1.29. The van der Waals surface area contributed by atoms with Crippen LogP contribution in [0.25, 0.3) is 0 Å². The summed E-state index contributed by atoms with van der Waals surface area (Å²) in [6.45, 7) is 1.75. The van der Waals surface area contributed by atoms with E-state index >= 15 is 0 Å². The number of hydrogen-bond donors (Lipinski definition) is 2. The van der Waals surface area contributed by atoms with Crippen molar-refractivity contribution in [2.75, 3.05) is 20.2 Å². The molecule has 1 aliphatic heterocycles. The maximum absolute atomic E-state index is 13.2. The van der Waals surface area contributed by atoms with Gasteiger partial charge in [-0.2, -0.15) is 0 Å². The second kappa shape index (κ2) is 8.67. The lowest BCUT2D eigenvalue weighted by molar-refractivity contribution is -0.133. The molecule has 0 unspecified atom stereocenters. The van der Waals surface area contributed by atoms with E-state index < -0.39 is 0 Å². The Hall–Kier alpha value is -1.88. The molecule has 2 N–H and O–H groups in total. The Morgan fingerprint density at radius 2 is 1.77 bits per heavy atom. The van der Waals surface area contributed by atoms with Gasteiger partial charge in [0.1, 0.15) is 0 Å². The van der Waals surface area contributed by atoms with Gasteiger partial charge in [-0.05, 0) is 62.9 Å². The summed E-state index contributed by atoms with van der Waals surface area (Å²) in [6, 6.07) is 7.81. The van der Waals surface area contributed by atoms with Crippen molar-refractivity contribution in [1.82, 2.24) is 10.6 Å². The molecule has 1 aromatic carbocycles. The van der Waals surface area contributed by atoms with Gasteiger partial charge in [-0.25, -0.2) is 4.79 Å². The molecule has 0 bridgehead atoms. The van der Waals surface area contributed by atoms with E-state index in [4.69, 9.17) is 4.74 Å². The molecule has 1 amide bonds. The quantitative estimate of drug-likeness (QED) is 0.794. The number of amides is 1. The molecule has 1 saturated carbocycles. The highest BCUT2D eigenvalue weighted by Crippen LogP contribution is 2.34. The summed E-state index contributed by atoms with van der Waals surface area (Å²) in [7, 11) is 1.38. The topological polar surface area (TPSA) is 67.4 Å². The van der Waals surface area contributed by atoms with E-state index in [0.717, 1.165) is 44.3 Å². The van der Waals surface area contributed by atoms with E-state index in [2.05, 4.69) is 10.6 Å². The molecule has 0 radical (unpaired) electrons. The number of methoxy groups -OCH3 is 1. The molecule has 142 valence electrons. The molecule has 0 spiro atoms. The highest BCUT2D eigenvalue weighted by Gasteiger charge is 2.40. The fraction of sp³-hybridized carbons (Fsp3) is 0.619. The van der Waals surface area contributed by atoms with Crippen molar-refractivity contribution in [3.63, 3.8) is 0 Å². The first-order valence-electron chi connectivity index (χ1n) is 9.82. The van der Waals surface area contributed by atoms with Crippen LogP contribution < -0.4 is 10.6 Å². The van der Waals surface area contributed by atoms with Crippen molar-refractivity contribution in [3.05, 3.63) is 35.4 Å². The molecular formula is C21H30N2O3. The number of hydrogen-bond acceptors (Lipinski definition) is 4. The van der Waals surface area contributed by atoms with Crippen LogP contribution in [0, 0.1) is 5.41 Å². The predicted molar refractivity (Wildman–Crippen MR) is 101 cm³/mol. The van der Waals surface area contributed by atoms with Crippen LogP contribution in [-0.2, 0) is 16.0 Å². The fourth-order valence-corrected chi connectivity index (χ4v) is 4.24. The second-order valence-corrected chi connectivity index (χ2v) is 7.70. The Morgan fingerprint density at radius 1 is 1.12 bits per heavy atom. The number of nitrogens with one attached hydrogen (secondary N) is 2. The van der Waals surface area contributed by atoms with Crippen molar-refractivity contribution in [3.8, 4) is 0 Å². The number of carbonyl (C=O) groups is 2. The van der Waals surface area contributed by atoms with Gasteiger partial charge >= 0.3 is 5.97 Å². The summed E-state index contributed by atoms with van der Waals surface area (Å²) < 4.78 is 4.76. The minimum absolute atomic E-state index is 0.211. The summed E-state index contributed by atoms with van der Waals surface area (Å²) in [5.74, 6) is -0.119. The van der Waals surface area contributed by atoms with Crippen LogP contribution >= 0.6 is 0 Å². The van der Waals surface area contributed by atoms with E-state index in [1.807, 2.05) is 12.1 Å². The third kappa shape index (κ3) is 4.44. The summed E-state index contributed by atoms with van der Waals surface area (Å²) in [4.78, 5) is 24.8. The van der Waals surface area contributed by atoms with Crippen LogP contribution in [0.1, 0.15) is 60.9 Å². The fourth-order valence-electron chi connectivity index (χ4n) is 4.24. The minimum atomic E-state index is -0.352. The van der Waals surface area contributed by atoms with Gasteiger partial charge in [-0.1, -0.05) is 31.4 Å². The van der Waals surface area contributed by atoms with E-state index in [-0.39, 0.29) is 17.3 Å². The lowest BCUT2D eigenvalue weighted by atomic mass is 9.73. The standard InChI is InChI=1S/C21H30N2O3/c1-26-19(24)17-9-7-16(8-10-17)15-21(11-13-22-14-12-21)20(25)23-18-5-3-2-4-6-18/h7-10,18,22H,2-6,11-15H2,1H3,(H,23,25). The van der Waals surface area contributed by atoms with Crippen molar-refractivity contribution in [1.29, 1.82) is 0 Å². The molecule has 2 aliphatic rings. The van der Waals surface area contributed by atoms with E-state index in [9.17, 15) is 9.59 Å². The third-order valence-corrected chi connectivity index (χ3v) is 5.90.